The number of rotatable bonds is 4. The fourth-order valence-corrected chi connectivity index (χ4v) is 3.23. The lowest BCUT2D eigenvalue weighted by Gasteiger charge is -2.15. The zero-order valence-electron chi connectivity index (χ0n) is 9.93. The minimum Gasteiger partial charge on any atom is -0.297 e. The second-order valence-corrected chi connectivity index (χ2v) is 5.98. The molecule has 3 nitrogen and oxygen atoms in total. The molecule has 0 fully saturated rings. The molecule has 2 aromatic rings. The first-order valence-corrected chi connectivity index (χ1v) is 7.11. The number of nitrogens with zero attached hydrogens (tertiary/aromatic N) is 3. The monoisotopic (exact) mass is 321 g/mol. The van der Waals surface area contributed by atoms with Gasteiger partial charge in [0.25, 0.3) is 0 Å². The minimum atomic E-state index is 0.472. The van der Waals surface area contributed by atoms with Crippen LogP contribution in [0.15, 0.2) is 34.2 Å². The Kier molecular flexibility index (Phi) is 4.48. The highest BCUT2D eigenvalue weighted by molar-refractivity contribution is 9.10. The SMILES string of the molecule is CN(Cc1ccnc(C#N)c1)Cc1cc(Br)cs1. The zero-order chi connectivity index (χ0) is 13.0. The van der Waals surface area contributed by atoms with E-state index in [2.05, 4.69) is 50.4 Å². The van der Waals surface area contributed by atoms with Gasteiger partial charge in [-0.2, -0.15) is 5.26 Å². The Labute approximate surface area is 119 Å². The summed E-state index contributed by atoms with van der Waals surface area (Å²) in [5, 5.41) is 10.9. The maximum Gasteiger partial charge on any atom is 0.140 e. The molecule has 18 heavy (non-hydrogen) atoms. The Morgan fingerprint density at radius 1 is 1.44 bits per heavy atom. The summed E-state index contributed by atoms with van der Waals surface area (Å²) < 4.78 is 1.13. The molecule has 0 amide bonds. The third kappa shape index (κ3) is 3.64. The van der Waals surface area contributed by atoms with Gasteiger partial charge in [-0.15, -0.1) is 11.3 Å². The van der Waals surface area contributed by atoms with Gasteiger partial charge in [0.05, 0.1) is 0 Å². The van der Waals surface area contributed by atoms with Crippen molar-refractivity contribution in [3.63, 3.8) is 0 Å². The van der Waals surface area contributed by atoms with Crippen molar-refractivity contribution in [3.05, 3.63) is 50.4 Å². The third-order valence-corrected chi connectivity index (χ3v) is 4.12. The van der Waals surface area contributed by atoms with Gasteiger partial charge in [-0.05, 0) is 46.7 Å². The number of halogens is 1. The second-order valence-electron chi connectivity index (χ2n) is 4.06. The molecule has 0 saturated heterocycles. The van der Waals surface area contributed by atoms with Gasteiger partial charge in [-0.1, -0.05) is 0 Å². The van der Waals surface area contributed by atoms with Crippen LogP contribution in [0.1, 0.15) is 16.1 Å². The Bertz CT molecular complexity index is 574. The van der Waals surface area contributed by atoms with Crippen molar-refractivity contribution < 1.29 is 0 Å². The summed E-state index contributed by atoms with van der Waals surface area (Å²) in [6.07, 6.45) is 1.68. The molecule has 2 aromatic heterocycles. The van der Waals surface area contributed by atoms with Gasteiger partial charge in [0.2, 0.25) is 0 Å². The standard InChI is InChI=1S/C13H12BrN3S/c1-17(8-13-5-11(14)9-18-13)7-10-2-3-16-12(4-10)6-15/h2-5,9H,7-8H2,1H3. The fourth-order valence-electron chi connectivity index (χ4n) is 1.70. The quantitative estimate of drug-likeness (QED) is 0.866. The van der Waals surface area contributed by atoms with Gasteiger partial charge in [-0.25, -0.2) is 4.98 Å². The predicted octanol–water partition coefficient (Wildman–Crippen LogP) is 3.41. The van der Waals surface area contributed by atoms with Crippen molar-refractivity contribution in [1.82, 2.24) is 9.88 Å². The Hall–Kier alpha value is -1.22. The lowest BCUT2D eigenvalue weighted by molar-refractivity contribution is 0.322. The summed E-state index contributed by atoms with van der Waals surface area (Å²) >= 11 is 5.20. The van der Waals surface area contributed by atoms with E-state index in [0.717, 1.165) is 23.1 Å². The number of nitriles is 1. The molecule has 0 saturated carbocycles. The van der Waals surface area contributed by atoms with Crippen molar-refractivity contribution in [3.8, 4) is 6.07 Å². The van der Waals surface area contributed by atoms with E-state index in [9.17, 15) is 0 Å². The Morgan fingerprint density at radius 3 is 2.94 bits per heavy atom. The highest BCUT2D eigenvalue weighted by atomic mass is 79.9. The molecule has 2 rings (SSSR count). The summed E-state index contributed by atoms with van der Waals surface area (Å²) in [5.41, 5.74) is 1.58. The van der Waals surface area contributed by atoms with E-state index in [1.807, 2.05) is 12.1 Å². The molecule has 92 valence electrons. The van der Waals surface area contributed by atoms with E-state index in [-0.39, 0.29) is 0 Å². The third-order valence-electron chi connectivity index (χ3n) is 2.44. The molecule has 0 aliphatic carbocycles. The van der Waals surface area contributed by atoms with Gasteiger partial charge in [-0.3, -0.25) is 4.90 Å². The highest BCUT2D eigenvalue weighted by Gasteiger charge is 2.05. The molecular weight excluding hydrogens is 310 g/mol. The van der Waals surface area contributed by atoms with Crippen LogP contribution in [0.2, 0.25) is 0 Å². The van der Waals surface area contributed by atoms with Gasteiger partial charge >= 0.3 is 0 Å². The molecule has 2 heterocycles. The summed E-state index contributed by atoms with van der Waals surface area (Å²) in [5.74, 6) is 0. The number of hydrogen-bond acceptors (Lipinski definition) is 4. The largest absolute Gasteiger partial charge is 0.297 e. The molecule has 0 unspecified atom stereocenters. The van der Waals surface area contributed by atoms with E-state index in [1.54, 1.807) is 17.5 Å². The van der Waals surface area contributed by atoms with Crippen molar-refractivity contribution >= 4 is 27.3 Å². The van der Waals surface area contributed by atoms with Gasteiger partial charge < -0.3 is 0 Å². The van der Waals surface area contributed by atoms with Crippen molar-refractivity contribution in [2.45, 2.75) is 13.1 Å². The molecule has 0 atom stereocenters. The maximum absolute atomic E-state index is 8.80. The van der Waals surface area contributed by atoms with Gasteiger partial charge in [0.15, 0.2) is 0 Å². The van der Waals surface area contributed by atoms with Crippen molar-refractivity contribution in [1.29, 1.82) is 5.26 Å². The lowest BCUT2D eigenvalue weighted by Crippen LogP contribution is -2.16. The highest BCUT2D eigenvalue weighted by Crippen LogP contribution is 2.21. The van der Waals surface area contributed by atoms with Crippen LogP contribution in [0.5, 0.6) is 0 Å². The average Bonchev–Trinajstić information content (AvgIpc) is 2.74. The van der Waals surface area contributed by atoms with Crippen LogP contribution in [-0.4, -0.2) is 16.9 Å². The van der Waals surface area contributed by atoms with Crippen LogP contribution in [0.25, 0.3) is 0 Å². The minimum absolute atomic E-state index is 0.472. The van der Waals surface area contributed by atoms with Crippen molar-refractivity contribution in [2.75, 3.05) is 7.05 Å². The topological polar surface area (TPSA) is 39.9 Å². The van der Waals surface area contributed by atoms with Crippen LogP contribution >= 0.6 is 27.3 Å². The normalized spacial score (nSPS) is 10.6. The van der Waals surface area contributed by atoms with Crippen LogP contribution in [0.3, 0.4) is 0 Å². The molecule has 0 radical (unpaired) electrons. The number of hydrogen-bond donors (Lipinski definition) is 0. The molecule has 0 N–H and O–H groups in total. The molecular formula is C13H12BrN3S. The predicted molar refractivity (Wildman–Crippen MR) is 76.1 cm³/mol. The summed E-state index contributed by atoms with van der Waals surface area (Å²) in [6.45, 7) is 1.72. The molecule has 0 aliphatic rings. The lowest BCUT2D eigenvalue weighted by atomic mass is 10.2. The zero-order valence-corrected chi connectivity index (χ0v) is 12.3. The van der Waals surface area contributed by atoms with Crippen LogP contribution < -0.4 is 0 Å². The van der Waals surface area contributed by atoms with Crippen LogP contribution in [0.4, 0.5) is 0 Å². The van der Waals surface area contributed by atoms with Crippen LogP contribution in [0, 0.1) is 11.3 Å². The first kappa shape index (κ1) is 13.2. The second kappa shape index (κ2) is 6.10. The van der Waals surface area contributed by atoms with Crippen LogP contribution in [-0.2, 0) is 13.1 Å². The number of thiophene rings is 1. The first-order valence-electron chi connectivity index (χ1n) is 5.44. The maximum atomic E-state index is 8.80. The summed E-state index contributed by atoms with van der Waals surface area (Å²) in [4.78, 5) is 7.50. The molecule has 5 heteroatoms. The van der Waals surface area contributed by atoms with E-state index >= 15 is 0 Å². The summed E-state index contributed by atoms with van der Waals surface area (Å²) in [6, 6.07) is 7.97. The molecule has 0 aliphatic heterocycles. The van der Waals surface area contributed by atoms with Crippen molar-refractivity contribution in [2.24, 2.45) is 0 Å². The number of pyridine rings is 1. The van der Waals surface area contributed by atoms with E-state index in [0.29, 0.717) is 5.69 Å². The molecule has 0 aromatic carbocycles. The Balaban J connectivity index is 1.98. The fraction of sp³-hybridized carbons (Fsp3) is 0.231. The van der Waals surface area contributed by atoms with Gasteiger partial charge in [0, 0.05) is 34.0 Å². The molecule has 0 spiro atoms. The van der Waals surface area contributed by atoms with E-state index in [4.69, 9.17) is 5.26 Å². The van der Waals surface area contributed by atoms with E-state index in [1.165, 1.54) is 4.88 Å². The Morgan fingerprint density at radius 2 is 2.28 bits per heavy atom. The summed E-state index contributed by atoms with van der Waals surface area (Å²) in [7, 11) is 2.07. The average molecular weight is 322 g/mol. The smallest absolute Gasteiger partial charge is 0.140 e. The van der Waals surface area contributed by atoms with E-state index < -0.39 is 0 Å². The van der Waals surface area contributed by atoms with Gasteiger partial charge in [0.1, 0.15) is 11.8 Å². The number of aromatic nitrogens is 1. The molecule has 0 bridgehead atoms. The first-order chi connectivity index (χ1) is 8.67.